The summed E-state index contributed by atoms with van der Waals surface area (Å²) in [6, 6.07) is 21.1. The van der Waals surface area contributed by atoms with E-state index in [0.717, 1.165) is 0 Å². The largest absolute Gasteiger partial charge is 0.484 e. The summed E-state index contributed by atoms with van der Waals surface area (Å²) in [7, 11) is 0. The summed E-state index contributed by atoms with van der Waals surface area (Å²) >= 11 is 11.9. The van der Waals surface area contributed by atoms with Gasteiger partial charge < -0.3 is 14.8 Å². The second-order valence-electron chi connectivity index (χ2n) is 5.35. The van der Waals surface area contributed by atoms with Crippen LogP contribution in [0, 0.1) is 0 Å². The van der Waals surface area contributed by atoms with Crippen molar-refractivity contribution in [3.8, 4) is 17.2 Å². The molecule has 0 aliphatic carbocycles. The van der Waals surface area contributed by atoms with Gasteiger partial charge in [0.05, 0.1) is 5.69 Å². The van der Waals surface area contributed by atoms with Gasteiger partial charge in [-0.05, 0) is 48.5 Å². The summed E-state index contributed by atoms with van der Waals surface area (Å²) < 4.78 is 11.3. The first-order valence-corrected chi connectivity index (χ1v) is 8.56. The molecule has 0 radical (unpaired) electrons. The van der Waals surface area contributed by atoms with Crippen molar-refractivity contribution in [3.63, 3.8) is 0 Å². The molecule has 0 saturated carbocycles. The number of para-hydroxylation sites is 1. The number of carbonyl (C=O) groups excluding carboxylic acids is 1. The van der Waals surface area contributed by atoms with Crippen molar-refractivity contribution in [2.24, 2.45) is 0 Å². The molecule has 132 valence electrons. The third-order valence-electron chi connectivity index (χ3n) is 3.35. The Morgan fingerprint density at radius 2 is 1.58 bits per heavy atom. The van der Waals surface area contributed by atoms with Gasteiger partial charge in [0.25, 0.3) is 5.91 Å². The zero-order valence-electron chi connectivity index (χ0n) is 13.6. The fraction of sp³-hybridized carbons (Fsp3) is 0.0500. The van der Waals surface area contributed by atoms with E-state index in [2.05, 4.69) is 5.32 Å². The summed E-state index contributed by atoms with van der Waals surface area (Å²) in [5.41, 5.74) is 0.459. The number of carbonyl (C=O) groups is 1. The van der Waals surface area contributed by atoms with Crippen molar-refractivity contribution in [3.05, 3.63) is 82.8 Å². The average molecular weight is 388 g/mol. The molecule has 0 aliphatic heterocycles. The first-order valence-electron chi connectivity index (χ1n) is 7.81. The van der Waals surface area contributed by atoms with Crippen molar-refractivity contribution >= 4 is 34.8 Å². The zero-order valence-corrected chi connectivity index (χ0v) is 15.1. The molecule has 0 bridgehead atoms. The first kappa shape index (κ1) is 18.1. The Morgan fingerprint density at radius 1 is 0.846 bits per heavy atom. The van der Waals surface area contributed by atoms with E-state index in [4.69, 9.17) is 32.7 Å². The second kappa shape index (κ2) is 8.61. The fourth-order valence-electron chi connectivity index (χ4n) is 2.20. The quantitative estimate of drug-likeness (QED) is 0.580. The maximum atomic E-state index is 12.2. The number of ether oxygens (including phenoxy) is 2. The van der Waals surface area contributed by atoms with Gasteiger partial charge in [-0.15, -0.1) is 0 Å². The SMILES string of the molecule is O=C(COc1cccc(Cl)c1)Nc1cc(Cl)ccc1Oc1ccccc1. The van der Waals surface area contributed by atoms with Gasteiger partial charge in [0, 0.05) is 10.0 Å². The molecule has 0 atom stereocenters. The minimum Gasteiger partial charge on any atom is -0.484 e. The molecule has 3 aromatic carbocycles. The Balaban J connectivity index is 1.68. The third kappa shape index (κ3) is 5.15. The third-order valence-corrected chi connectivity index (χ3v) is 3.82. The smallest absolute Gasteiger partial charge is 0.262 e. The molecule has 0 spiro atoms. The van der Waals surface area contributed by atoms with Gasteiger partial charge in [-0.25, -0.2) is 0 Å². The minimum absolute atomic E-state index is 0.169. The predicted molar refractivity (Wildman–Crippen MR) is 104 cm³/mol. The lowest BCUT2D eigenvalue weighted by Crippen LogP contribution is -2.20. The van der Waals surface area contributed by atoms with Crippen molar-refractivity contribution < 1.29 is 14.3 Å². The summed E-state index contributed by atoms with van der Waals surface area (Å²) in [5.74, 6) is 1.31. The van der Waals surface area contributed by atoms with Crippen molar-refractivity contribution in [1.82, 2.24) is 0 Å². The van der Waals surface area contributed by atoms with E-state index in [1.807, 2.05) is 30.3 Å². The Labute approximate surface area is 161 Å². The van der Waals surface area contributed by atoms with Gasteiger partial charge in [0.2, 0.25) is 0 Å². The lowest BCUT2D eigenvalue weighted by molar-refractivity contribution is -0.118. The number of rotatable bonds is 6. The van der Waals surface area contributed by atoms with Gasteiger partial charge in [0.1, 0.15) is 11.5 Å². The molecule has 0 aromatic heterocycles. The van der Waals surface area contributed by atoms with E-state index in [1.165, 1.54) is 0 Å². The van der Waals surface area contributed by atoms with Crippen LogP contribution in [-0.4, -0.2) is 12.5 Å². The van der Waals surface area contributed by atoms with Gasteiger partial charge in [-0.2, -0.15) is 0 Å². The van der Waals surface area contributed by atoms with E-state index in [0.29, 0.717) is 33.0 Å². The number of halogens is 2. The van der Waals surface area contributed by atoms with E-state index < -0.39 is 0 Å². The number of nitrogens with one attached hydrogen (secondary N) is 1. The lowest BCUT2D eigenvalue weighted by Gasteiger charge is -2.13. The van der Waals surface area contributed by atoms with Crippen molar-refractivity contribution in [2.45, 2.75) is 0 Å². The normalized spacial score (nSPS) is 10.2. The van der Waals surface area contributed by atoms with Gasteiger partial charge in [-0.3, -0.25) is 4.79 Å². The molecule has 3 rings (SSSR count). The highest BCUT2D eigenvalue weighted by molar-refractivity contribution is 6.31. The van der Waals surface area contributed by atoms with E-state index in [9.17, 15) is 4.79 Å². The van der Waals surface area contributed by atoms with E-state index >= 15 is 0 Å². The highest BCUT2D eigenvalue weighted by Gasteiger charge is 2.11. The van der Waals surface area contributed by atoms with Crippen LogP contribution >= 0.6 is 23.2 Å². The van der Waals surface area contributed by atoms with E-state index in [-0.39, 0.29) is 12.5 Å². The maximum Gasteiger partial charge on any atom is 0.262 e. The molecule has 0 aliphatic rings. The monoisotopic (exact) mass is 387 g/mol. The molecule has 1 N–H and O–H groups in total. The van der Waals surface area contributed by atoms with Crippen LogP contribution < -0.4 is 14.8 Å². The zero-order chi connectivity index (χ0) is 18.4. The number of benzene rings is 3. The molecular weight excluding hydrogens is 373 g/mol. The molecule has 0 heterocycles. The molecule has 0 unspecified atom stereocenters. The van der Waals surface area contributed by atoms with Gasteiger partial charge in [0.15, 0.2) is 12.4 Å². The summed E-state index contributed by atoms with van der Waals surface area (Å²) in [4.78, 5) is 12.2. The maximum absolute atomic E-state index is 12.2. The minimum atomic E-state index is -0.342. The second-order valence-corrected chi connectivity index (χ2v) is 6.22. The Morgan fingerprint density at radius 3 is 2.35 bits per heavy atom. The molecule has 1 amide bonds. The van der Waals surface area contributed by atoms with Crippen LogP contribution in [-0.2, 0) is 4.79 Å². The van der Waals surface area contributed by atoms with Crippen LogP contribution in [0.5, 0.6) is 17.2 Å². The molecule has 6 heteroatoms. The lowest BCUT2D eigenvalue weighted by atomic mass is 10.2. The molecule has 0 saturated heterocycles. The molecule has 3 aromatic rings. The van der Waals surface area contributed by atoms with Crippen molar-refractivity contribution in [1.29, 1.82) is 0 Å². The molecular formula is C20H15Cl2NO3. The van der Waals surface area contributed by atoms with Crippen LogP contribution in [0.15, 0.2) is 72.8 Å². The van der Waals surface area contributed by atoms with Crippen LogP contribution in [0.1, 0.15) is 0 Å². The van der Waals surface area contributed by atoms with Crippen LogP contribution in [0.25, 0.3) is 0 Å². The van der Waals surface area contributed by atoms with Crippen LogP contribution in [0.4, 0.5) is 5.69 Å². The predicted octanol–water partition coefficient (Wildman–Crippen LogP) is 5.80. The fourth-order valence-corrected chi connectivity index (χ4v) is 2.55. The molecule has 4 nitrogen and oxygen atoms in total. The van der Waals surface area contributed by atoms with Gasteiger partial charge in [-0.1, -0.05) is 47.5 Å². The Bertz CT molecular complexity index is 901. The van der Waals surface area contributed by atoms with E-state index in [1.54, 1.807) is 42.5 Å². The topological polar surface area (TPSA) is 47.6 Å². The number of hydrogen-bond donors (Lipinski definition) is 1. The van der Waals surface area contributed by atoms with Crippen molar-refractivity contribution in [2.75, 3.05) is 11.9 Å². The summed E-state index contributed by atoms with van der Waals surface area (Å²) in [6.07, 6.45) is 0. The Hall–Kier alpha value is -2.69. The number of anilines is 1. The summed E-state index contributed by atoms with van der Waals surface area (Å²) in [5, 5.41) is 3.77. The number of hydrogen-bond acceptors (Lipinski definition) is 3. The molecule has 0 fully saturated rings. The average Bonchev–Trinajstić information content (AvgIpc) is 2.63. The van der Waals surface area contributed by atoms with Gasteiger partial charge >= 0.3 is 0 Å². The standard InChI is InChI=1S/C20H15Cl2NO3/c21-14-5-4-8-17(11-14)25-13-20(24)23-18-12-15(22)9-10-19(18)26-16-6-2-1-3-7-16/h1-12H,13H2,(H,23,24). The first-order chi connectivity index (χ1) is 12.6. The van der Waals surface area contributed by atoms with Crippen LogP contribution in [0.2, 0.25) is 10.0 Å². The Kier molecular flexibility index (Phi) is 6.00. The number of amides is 1. The molecule has 26 heavy (non-hydrogen) atoms. The highest BCUT2D eigenvalue weighted by Crippen LogP contribution is 2.32. The highest BCUT2D eigenvalue weighted by atomic mass is 35.5. The summed E-state index contributed by atoms with van der Waals surface area (Å²) in [6.45, 7) is -0.169. The van der Waals surface area contributed by atoms with Crippen LogP contribution in [0.3, 0.4) is 0 Å².